The molecule has 0 atom stereocenters. The fourth-order valence-corrected chi connectivity index (χ4v) is 3.06. The minimum Gasteiger partial charge on any atom is -0.497 e. The Balaban J connectivity index is 2.10. The van der Waals surface area contributed by atoms with Crippen LogP contribution in [0.25, 0.3) is 33.7 Å². The molecule has 138 valence electrons. The largest absolute Gasteiger partial charge is 0.497 e. The Morgan fingerprint density at radius 1 is 1.22 bits per heavy atom. The van der Waals surface area contributed by atoms with Gasteiger partial charge in [0, 0.05) is 12.6 Å². The number of hydrogen-bond acceptors (Lipinski definition) is 6. The van der Waals surface area contributed by atoms with E-state index in [1.54, 1.807) is 30.3 Å². The molecule has 0 amide bonds. The van der Waals surface area contributed by atoms with Crippen LogP contribution in [0.15, 0.2) is 55.0 Å². The molecular formula is C20H18N2O5. The van der Waals surface area contributed by atoms with Crippen LogP contribution in [0.5, 0.6) is 5.75 Å². The van der Waals surface area contributed by atoms with Gasteiger partial charge in [-0.05, 0) is 30.7 Å². The molecular weight excluding hydrogens is 348 g/mol. The number of nitrogens with zero attached hydrogens (tertiary/aromatic N) is 2. The molecule has 7 heteroatoms. The summed E-state index contributed by atoms with van der Waals surface area (Å²) in [7, 11) is 1.53. The number of fused-ring (bicyclic) bond motifs is 2. The summed E-state index contributed by atoms with van der Waals surface area (Å²) in [4.78, 5) is 30.5. The first-order chi connectivity index (χ1) is 13.1. The van der Waals surface area contributed by atoms with Gasteiger partial charge in [0.15, 0.2) is 17.0 Å². The van der Waals surface area contributed by atoms with Gasteiger partial charge < -0.3 is 13.6 Å². The number of hydrogen-bond donors (Lipinski definition) is 0. The molecule has 4 aromatic rings. The Morgan fingerprint density at radius 3 is 2.78 bits per heavy atom. The number of aromatic nitrogens is 2. The topological polar surface area (TPSA) is 87.5 Å². The monoisotopic (exact) mass is 366 g/mol. The number of benzene rings is 1. The van der Waals surface area contributed by atoms with Gasteiger partial charge in [0.1, 0.15) is 11.3 Å². The van der Waals surface area contributed by atoms with E-state index in [1.165, 1.54) is 17.9 Å². The number of furan rings is 1. The van der Waals surface area contributed by atoms with Gasteiger partial charge in [0.05, 0.1) is 18.8 Å². The molecule has 0 unspecified atom stereocenters. The van der Waals surface area contributed by atoms with Crippen molar-refractivity contribution in [1.29, 1.82) is 0 Å². The standard InChI is InChI=1S/C20H18N2O5/c1-3-4-9-22-18(14-6-5-10-26-14)21-19-16(20(22)24)17(23)13-8-7-12(25-2)11-15(13)27-19/h5-8,10-11H,3-4,9H2,1-2H3. The predicted octanol–water partition coefficient (Wildman–Crippen LogP) is 3.57. The zero-order chi connectivity index (χ0) is 19.0. The number of ether oxygens (including phenoxy) is 1. The highest BCUT2D eigenvalue weighted by Crippen LogP contribution is 2.23. The summed E-state index contributed by atoms with van der Waals surface area (Å²) in [5.41, 5.74) is -0.519. The molecule has 27 heavy (non-hydrogen) atoms. The second-order valence-electron chi connectivity index (χ2n) is 6.20. The molecule has 0 spiro atoms. The first kappa shape index (κ1) is 17.1. The summed E-state index contributed by atoms with van der Waals surface area (Å²) in [6.45, 7) is 2.47. The second-order valence-corrected chi connectivity index (χ2v) is 6.20. The molecule has 3 aromatic heterocycles. The normalized spacial score (nSPS) is 11.3. The van der Waals surface area contributed by atoms with Crippen molar-refractivity contribution in [3.63, 3.8) is 0 Å². The Kier molecular flexibility index (Phi) is 4.27. The van der Waals surface area contributed by atoms with Gasteiger partial charge in [-0.1, -0.05) is 13.3 Å². The number of methoxy groups -OCH3 is 1. The fourth-order valence-electron chi connectivity index (χ4n) is 3.06. The van der Waals surface area contributed by atoms with Gasteiger partial charge in [-0.3, -0.25) is 14.2 Å². The summed E-state index contributed by atoms with van der Waals surface area (Å²) in [5.74, 6) is 1.34. The van der Waals surface area contributed by atoms with E-state index in [-0.39, 0.29) is 11.1 Å². The van der Waals surface area contributed by atoms with E-state index in [0.29, 0.717) is 34.8 Å². The molecule has 0 bridgehead atoms. The highest BCUT2D eigenvalue weighted by Gasteiger charge is 2.20. The maximum atomic E-state index is 13.1. The molecule has 1 aromatic carbocycles. The van der Waals surface area contributed by atoms with Crippen LogP contribution in [0.4, 0.5) is 0 Å². The maximum absolute atomic E-state index is 13.1. The minimum atomic E-state index is -0.425. The average Bonchev–Trinajstić information content (AvgIpc) is 3.21. The lowest BCUT2D eigenvalue weighted by Crippen LogP contribution is -2.27. The van der Waals surface area contributed by atoms with Gasteiger partial charge in [-0.25, -0.2) is 0 Å². The fraction of sp³-hybridized carbons (Fsp3) is 0.250. The first-order valence-electron chi connectivity index (χ1n) is 8.73. The van der Waals surface area contributed by atoms with Crippen LogP contribution in [0.1, 0.15) is 19.8 Å². The summed E-state index contributed by atoms with van der Waals surface area (Å²) in [6.07, 6.45) is 3.18. The van der Waals surface area contributed by atoms with E-state index < -0.39 is 11.0 Å². The van der Waals surface area contributed by atoms with Gasteiger partial charge in [-0.2, -0.15) is 4.98 Å². The SMILES string of the molecule is CCCCn1c(-c2ccco2)nc2oc3cc(OC)ccc3c(=O)c2c1=O. The van der Waals surface area contributed by atoms with E-state index >= 15 is 0 Å². The van der Waals surface area contributed by atoms with Crippen molar-refractivity contribution in [3.8, 4) is 17.3 Å². The summed E-state index contributed by atoms with van der Waals surface area (Å²) < 4.78 is 17.9. The van der Waals surface area contributed by atoms with E-state index in [9.17, 15) is 9.59 Å². The van der Waals surface area contributed by atoms with Crippen molar-refractivity contribution in [3.05, 3.63) is 57.2 Å². The molecule has 0 radical (unpaired) electrons. The van der Waals surface area contributed by atoms with E-state index in [2.05, 4.69) is 4.98 Å². The number of unbranched alkanes of at least 4 members (excludes halogenated alkanes) is 1. The maximum Gasteiger partial charge on any atom is 0.269 e. The van der Waals surface area contributed by atoms with Crippen molar-refractivity contribution in [1.82, 2.24) is 9.55 Å². The van der Waals surface area contributed by atoms with Crippen molar-refractivity contribution in [2.75, 3.05) is 7.11 Å². The van der Waals surface area contributed by atoms with Crippen molar-refractivity contribution < 1.29 is 13.6 Å². The summed E-state index contributed by atoms with van der Waals surface area (Å²) >= 11 is 0. The summed E-state index contributed by atoms with van der Waals surface area (Å²) in [6, 6.07) is 8.30. The van der Waals surface area contributed by atoms with Crippen LogP contribution in [-0.2, 0) is 6.54 Å². The highest BCUT2D eigenvalue weighted by molar-refractivity contribution is 5.88. The van der Waals surface area contributed by atoms with Crippen LogP contribution < -0.4 is 15.7 Å². The zero-order valence-corrected chi connectivity index (χ0v) is 15.0. The Morgan fingerprint density at radius 2 is 2.07 bits per heavy atom. The van der Waals surface area contributed by atoms with Crippen molar-refractivity contribution in [2.45, 2.75) is 26.3 Å². The first-order valence-corrected chi connectivity index (χ1v) is 8.73. The molecule has 0 saturated heterocycles. The van der Waals surface area contributed by atoms with Gasteiger partial charge in [-0.15, -0.1) is 0 Å². The Labute approximate surface area is 153 Å². The zero-order valence-electron chi connectivity index (χ0n) is 15.0. The third-order valence-electron chi connectivity index (χ3n) is 4.48. The van der Waals surface area contributed by atoms with Gasteiger partial charge >= 0.3 is 0 Å². The second kappa shape index (κ2) is 6.75. The lowest BCUT2D eigenvalue weighted by atomic mass is 10.2. The summed E-state index contributed by atoms with van der Waals surface area (Å²) in [5, 5.41) is 0.258. The predicted molar refractivity (Wildman–Crippen MR) is 101 cm³/mol. The Hall–Kier alpha value is -3.35. The van der Waals surface area contributed by atoms with Crippen molar-refractivity contribution in [2.24, 2.45) is 0 Å². The van der Waals surface area contributed by atoms with Crippen LogP contribution in [0.2, 0.25) is 0 Å². The average molecular weight is 366 g/mol. The molecule has 7 nitrogen and oxygen atoms in total. The molecule has 0 fully saturated rings. The van der Waals surface area contributed by atoms with Crippen molar-refractivity contribution >= 4 is 22.1 Å². The molecule has 3 heterocycles. The van der Waals surface area contributed by atoms with Crippen LogP contribution in [-0.4, -0.2) is 16.7 Å². The smallest absolute Gasteiger partial charge is 0.269 e. The lowest BCUT2D eigenvalue weighted by molar-refractivity contribution is 0.414. The van der Waals surface area contributed by atoms with Crippen LogP contribution >= 0.6 is 0 Å². The Bertz CT molecular complexity index is 1240. The highest BCUT2D eigenvalue weighted by atomic mass is 16.5. The van der Waals surface area contributed by atoms with Crippen LogP contribution in [0.3, 0.4) is 0 Å². The van der Waals surface area contributed by atoms with E-state index in [0.717, 1.165) is 12.8 Å². The van der Waals surface area contributed by atoms with Gasteiger partial charge in [0.25, 0.3) is 5.56 Å². The lowest BCUT2D eigenvalue weighted by Gasteiger charge is -2.11. The number of rotatable bonds is 5. The van der Waals surface area contributed by atoms with E-state index in [1.807, 2.05) is 6.92 Å². The molecule has 0 aliphatic rings. The third-order valence-corrected chi connectivity index (χ3v) is 4.48. The van der Waals surface area contributed by atoms with Crippen LogP contribution in [0, 0.1) is 0 Å². The van der Waals surface area contributed by atoms with Gasteiger partial charge in [0.2, 0.25) is 11.1 Å². The third kappa shape index (κ3) is 2.81. The van der Waals surface area contributed by atoms with E-state index in [4.69, 9.17) is 13.6 Å². The molecule has 0 aliphatic heterocycles. The molecule has 0 saturated carbocycles. The molecule has 0 aliphatic carbocycles. The molecule has 4 rings (SSSR count). The molecule has 0 N–H and O–H groups in total. The quantitative estimate of drug-likeness (QED) is 0.502. The minimum absolute atomic E-state index is 0.00935.